The predicted octanol–water partition coefficient (Wildman–Crippen LogP) is 1.64. The number of rotatable bonds is 4. The average Bonchev–Trinajstić information content (AvgIpc) is 3.48. The van der Waals surface area contributed by atoms with Gasteiger partial charge in [0.15, 0.2) is 0 Å². The van der Waals surface area contributed by atoms with E-state index < -0.39 is 0 Å². The summed E-state index contributed by atoms with van der Waals surface area (Å²) in [5, 5.41) is 2.80. The summed E-state index contributed by atoms with van der Waals surface area (Å²) < 4.78 is 6.27. The monoisotopic (exact) mass is 401 g/mol. The third kappa shape index (κ3) is 3.04. The van der Waals surface area contributed by atoms with Crippen molar-refractivity contribution in [3.05, 3.63) is 0 Å². The Labute approximate surface area is 173 Å². The lowest BCUT2D eigenvalue weighted by molar-refractivity contribution is -0.213. The van der Waals surface area contributed by atoms with E-state index in [4.69, 9.17) is 4.74 Å². The molecule has 0 aromatic heterocycles. The fraction of sp³-hybridized carbons (Fsp3) is 0.913. The molecule has 0 aromatic carbocycles. The van der Waals surface area contributed by atoms with E-state index in [0.29, 0.717) is 12.5 Å². The molecule has 6 heteroatoms. The van der Waals surface area contributed by atoms with Gasteiger partial charge in [-0.15, -0.1) is 0 Å². The van der Waals surface area contributed by atoms with Crippen LogP contribution in [-0.2, 0) is 14.3 Å². The summed E-state index contributed by atoms with van der Waals surface area (Å²) >= 11 is 0. The molecule has 7 aliphatic rings. The van der Waals surface area contributed by atoms with Crippen molar-refractivity contribution in [2.24, 2.45) is 29.1 Å². The lowest BCUT2D eigenvalue weighted by Gasteiger charge is -2.60. The molecule has 7 rings (SSSR count). The highest BCUT2D eigenvalue weighted by Crippen LogP contribution is 2.61. The summed E-state index contributed by atoms with van der Waals surface area (Å²) in [6.45, 7) is 3.66. The van der Waals surface area contributed by atoms with Crippen molar-refractivity contribution in [2.45, 2.75) is 63.0 Å². The lowest BCUT2D eigenvalue weighted by Crippen LogP contribution is -2.75. The third-order valence-electron chi connectivity index (χ3n) is 8.96. The number of amides is 2. The molecule has 2 aliphatic heterocycles. The van der Waals surface area contributed by atoms with Gasteiger partial charge in [0.1, 0.15) is 11.6 Å². The zero-order chi connectivity index (χ0) is 19.8. The van der Waals surface area contributed by atoms with Crippen LogP contribution in [0.5, 0.6) is 0 Å². The van der Waals surface area contributed by atoms with Crippen LogP contribution in [0.25, 0.3) is 0 Å². The van der Waals surface area contributed by atoms with Gasteiger partial charge in [-0.25, -0.2) is 0 Å². The number of likely N-dealkylation sites (tertiary alicyclic amines) is 1. The second-order valence-electron chi connectivity index (χ2n) is 11.4. The molecule has 7 fully saturated rings. The highest BCUT2D eigenvalue weighted by molar-refractivity contribution is 5.84. The largest absolute Gasteiger partial charge is 0.368 e. The van der Waals surface area contributed by atoms with Gasteiger partial charge in [-0.3, -0.25) is 14.5 Å². The number of hydrogen-bond donors (Lipinski definition) is 1. The van der Waals surface area contributed by atoms with Crippen LogP contribution in [0.2, 0.25) is 0 Å². The molecular formula is C23H35N3O3. The van der Waals surface area contributed by atoms with Crippen LogP contribution in [0.1, 0.15) is 51.4 Å². The molecule has 29 heavy (non-hydrogen) atoms. The number of ether oxygens (including phenoxy) is 1. The summed E-state index contributed by atoms with van der Waals surface area (Å²) in [7, 11) is 1.71. The first-order valence-electron chi connectivity index (χ1n) is 11.9. The average molecular weight is 402 g/mol. The van der Waals surface area contributed by atoms with Crippen molar-refractivity contribution < 1.29 is 14.3 Å². The van der Waals surface area contributed by atoms with Crippen molar-refractivity contribution in [3.8, 4) is 0 Å². The number of nitrogens with zero attached hydrogens (tertiary/aromatic N) is 2. The molecule has 160 valence electrons. The molecular weight excluding hydrogens is 366 g/mol. The van der Waals surface area contributed by atoms with E-state index >= 15 is 0 Å². The van der Waals surface area contributed by atoms with Crippen LogP contribution < -0.4 is 5.32 Å². The van der Waals surface area contributed by atoms with Crippen molar-refractivity contribution >= 4 is 11.8 Å². The molecule has 5 saturated carbocycles. The van der Waals surface area contributed by atoms with E-state index in [-0.39, 0.29) is 23.0 Å². The van der Waals surface area contributed by atoms with Crippen molar-refractivity contribution in [3.63, 3.8) is 0 Å². The van der Waals surface area contributed by atoms with Gasteiger partial charge in [0.05, 0.1) is 25.1 Å². The Bertz CT molecular complexity index is 677. The highest BCUT2D eigenvalue weighted by atomic mass is 16.5. The third-order valence-corrected chi connectivity index (χ3v) is 8.96. The maximum absolute atomic E-state index is 13.6. The van der Waals surface area contributed by atoms with Gasteiger partial charge in [0, 0.05) is 20.1 Å². The lowest BCUT2D eigenvalue weighted by atomic mass is 9.49. The van der Waals surface area contributed by atoms with Crippen LogP contribution in [0, 0.1) is 29.1 Å². The maximum atomic E-state index is 13.6. The Morgan fingerprint density at radius 3 is 2.17 bits per heavy atom. The fourth-order valence-corrected chi connectivity index (χ4v) is 7.81. The molecule has 1 atom stereocenters. The zero-order valence-corrected chi connectivity index (χ0v) is 17.7. The van der Waals surface area contributed by atoms with E-state index in [2.05, 4.69) is 15.1 Å². The van der Waals surface area contributed by atoms with Gasteiger partial charge >= 0.3 is 0 Å². The smallest absolute Gasteiger partial charge is 0.239 e. The Balaban J connectivity index is 1.13. The molecule has 2 amide bonds. The number of hydrogen-bond acceptors (Lipinski definition) is 4. The van der Waals surface area contributed by atoms with E-state index in [1.165, 1.54) is 32.1 Å². The minimum Gasteiger partial charge on any atom is -0.368 e. The molecule has 6 nitrogen and oxygen atoms in total. The van der Waals surface area contributed by atoms with Gasteiger partial charge in [-0.1, -0.05) is 0 Å². The van der Waals surface area contributed by atoms with Crippen LogP contribution >= 0.6 is 0 Å². The van der Waals surface area contributed by atoms with E-state index in [9.17, 15) is 9.59 Å². The van der Waals surface area contributed by atoms with Crippen LogP contribution in [0.15, 0.2) is 0 Å². The summed E-state index contributed by atoms with van der Waals surface area (Å²) in [6.07, 6.45) is 10.1. The quantitative estimate of drug-likeness (QED) is 0.778. The SMILES string of the molecule is CNC(=O)C1COC2(CN(C(=O)C34CC5CC(CC(C5)C3)C4)C2)CN1CC1CC1. The summed E-state index contributed by atoms with van der Waals surface area (Å²) in [5.41, 5.74) is -0.305. The fourth-order valence-electron chi connectivity index (χ4n) is 7.81. The predicted molar refractivity (Wildman–Crippen MR) is 108 cm³/mol. The van der Waals surface area contributed by atoms with Gasteiger partial charge in [0.2, 0.25) is 11.8 Å². The molecule has 5 aliphatic carbocycles. The van der Waals surface area contributed by atoms with Gasteiger partial charge < -0.3 is 15.0 Å². The Morgan fingerprint density at radius 1 is 1.00 bits per heavy atom. The standard InChI is InChI=1S/C23H35N3O3/c1-24-20(27)19-11-29-23(12-25(19)10-15-2-3-15)13-26(14-23)21(28)22-7-16-4-17(8-22)6-18(5-16)9-22/h15-19H,2-14H2,1H3,(H,24,27). The van der Waals surface area contributed by atoms with E-state index in [0.717, 1.165) is 69.1 Å². The van der Waals surface area contributed by atoms with Crippen molar-refractivity contribution in [1.29, 1.82) is 0 Å². The van der Waals surface area contributed by atoms with Crippen molar-refractivity contribution in [2.75, 3.05) is 39.8 Å². The zero-order valence-electron chi connectivity index (χ0n) is 17.7. The van der Waals surface area contributed by atoms with Crippen LogP contribution in [-0.4, -0.2) is 73.1 Å². The Hall–Kier alpha value is -1.14. The molecule has 2 saturated heterocycles. The second-order valence-corrected chi connectivity index (χ2v) is 11.4. The highest BCUT2D eigenvalue weighted by Gasteiger charge is 2.59. The normalized spacial score (nSPS) is 42.7. The van der Waals surface area contributed by atoms with Crippen molar-refractivity contribution in [1.82, 2.24) is 15.1 Å². The first kappa shape index (κ1) is 18.6. The molecule has 1 spiro atoms. The van der Waals surface area contributed by atoms with E-state index in [1.807, 2.05) is 0 Å². The molecule has 4 bridgehead atoms. The Kier molecular flexibility index (Phi) is 4.13. The second kappa shape index (κ2) is 6.43. The number of nitrogens with one attached hydrogen (secondary N) is 1. The van der Waals surface area contributed by atoms with E-state index in [1.54, 1.807) is 7.05 Å². The minimum atomic E-state index is -0.253. The molecule has 2 heterocycles. The number of likely N-dealkylation sites (N-methyl/N-ethyl adjacent to an activating group) is 1. The molecule has 1 unspecified atom stereocenters. The van der Waals surface area contributed by atoms with Gasteiger partial charge in [0.25, 0.3) is 0 Å². The minimum absolute atomic E-state index is 0.0522. The summed E-state index contributed by atoms with van der Waals surface area (Å²) in [4.78, 5) is 30.4. The first-order valence-corrected chi connectivity index (χ1v) is 11.9. The molecule has 1 N–H and O–H groups in total. The summed E-state index contributed by atoms with van der Waals surface area (Å²) in [5.74, 6) is 3.62. The van der Waals surface area contributed by atoms with Crippen LogP contribution in [0.4, 0.5) is 0 Å². The Morgan fingerprint density at radius 2 is 1.62 bits per heavy atom. The molecule has 0 radical (unpaired) electrons. The van der Waals surface area contributed by atoms with Gasteiger partial charge in [-0.05, 0) is 75.0 Å². The number of morpholine rings is 1. The maximum Gasteiger partial charge on any atom is 0.239 e. The topological polar surface area (TPSA) is 61.9 Å². The van der Waals surface area contributed by atoms with Gasteiger partial charge in [-0.2, -0.15) is 0 Å². The number of carbonyl (C=O) groups is 2. The first-order chi connectivity index (χ1) is 14.0. The molecule has 0 aromatic rings. The van der Waals surface area contributed by atoms with Crippen LogP contribution in [0.3, 0.4) is 0 Å². The number of carbonyl (C=O) groups excluding carboxylic acids is 2. The summed E-state index contributed by atoms with van der Waals surface area (Å²) in [6, 6.07) is -0.181.